The van der Waals surface area contributed by atoms with E-state index >= 15 is 0 Å². The van der Waals surface area contributed by atoms with Crippen molar-refractivity contribution in [1.29, 1.82) is 0 Å². The zero-order chi connectivity index (χ0) is 18.7. The van der Waals surface area contributed by atoms with E-state index in [1.54, 1.807) is 6.92 Å². The molecule has 2 N–H and O–H groups in total. The van der Waals surface area contributed by atoms with Crippen LogP contribution in [0, 0.1) is 0 Å². The maximum atomic E-state index is 12.2. The van der Waals surface area contributed by atoms with E-state index in [0.29, 0.717) is 28.8 Å². The molecule has 0 unspecified atom stereocenters. The second-order valence-corrected chi connectivity index (χ2v) is 7.32. The number of allylic oxidation sites excluding steroid dienone is 1. The molecule has 1 heterocycles. The van der Waals surface area contributed by atoms with Gasteiger partial charge in [-0.25, -0.2) is 0 Å². The van der Waals surface area contributed by atoms with Crippen molar-refractivity contribution < 1.29 is 14.3 Å². The van der Waals surface area contributed by atoms with E-state index < -0.39 is 0 Å². The number of hydrogen-bond donors (Lipinski definition) is 2. The molecule has 0 radical (unpaired) electrons. The SMILES string of the molecule is CCOc1cc([C@H]2NC(=S)NC(C)=C2C(C)=O)cc(Br)c1OC(C)C. The van der Waals surface area contributed by atoms with Gasteiger partial charge in [-0.2, -0.15) is 0 Å². The Morgan fingerprint density at radius 2 is 2.08 bits per heavy atom. The van der Waals surface area contributed by atoms with Crippen LogP contribution >= 0.6 is 28.1 Å². The third-order valence-electron chi connectivity index (χ3n) is 3.67. The van der Waals surface area contributed by atoms with E-state index in [4.69, 9.17) is 21.7 Å². The molecule has 0 spiro atoms. The average Bonchev–Trinajstić information content (AvgIpc) is 2.49. The zero-order valence-electron chi connectivity index (χ0n) is 15.0. The van der Waals surface area contributed by atoms with Crippen LogP contribution in [-0.4, -0.2) is 23.6 Å². The van der Waals surface area contributed by atoms with Crippen LogP contribution in [0.4, 0.5) is 0 Å². The highest BCUT2D eigenvalue weighted by Gasteiger charge is 2.29. The van der Waals surface area contributed by atoms with Crippen LogP contribution in [0.15, 0.2) is 27.9 Å². The minimum Gasteiger partial charge on any atom is -0.490 e. The molecule has 0 amide bonds. The van der Waals surface area contributed by atoms with E-state index in [2.05, 4.69) is 26.6 Å². The van der Waals surface area contributed by atoms with Gasteiger partial charge in [0.2, 0.25) is 0 Å². The van der Waals surface area contributed by atoms with Crippen molar-refractivity contribution in [2.75, 3.05) is 6.61 Å². The summed E-state index contributed by atoms with van der Waals surface area (Å²) in [6.45, 7) is 9.76. The summed E-state index contributed by atoms with van der Waals surface area (Å²) in [5.74, 6) is 1.27. The van der Waals surface area contributed by atoms with Crippen LogP contribution in [0.2, 0.25) is 0 Å². The number of halogens is 1. The number of ether oxygens (including phenoxy) is 2. The summed E-state index contributed by atoms with van der Waals surface area (Å²) in [7, 11) is 0. The Bertz CT molecular complexity index is 731. The second-order valence-electron chi connectivity index (χ2n) is 6.06. The molecule has 0 aliphatic carbocycles. The number of rotatable bonds is 6. The highest BCUT2D eigenvalue weighted by atomic mass is 79.9. The van der Waals surface area contributed by atoms with E-state index in [0.717, 1.165) is 15.7 Å². The number of hydrogen-bond acceptors (Lipinski definition) is 4. The number of Topliss-reactive ketones (excluding diaryl/α,β-unsaturated/α-hetero) is 1. The first kappa shape index (κ1) is 19.7. The van der Waals surface area contributed by atoms with E-state index in [1.165, 1.54) is 0 Å². The monoisotopic (exact) mass is 426 g/mol. The lowest BCUT2D eigenvalue weighted by molar-refractivity contribution is -0.114. The highest BCUT2D eigenvalue weighted by Crippen LogP contribution is 2.41. The molecular weight excluding hydrogens is 404 g/mol. The first-order valence-electron chi connectivity index (χ1n) is 8.16. The lowest BCUT2D eigenvalue weighted by atomic mass is 9.93. The lowest BCUT2D eigenvalue weighted by Crippen LogP contribution is -2.44. The fourth-order valence-electron chi connectivity index (χ4n) is 2.78. The van der Waals surface area contributed by atoms with Gasteiger partial charge in [0.1, 0.15) is 0 Å². The molecule has 7 heteroatoms. The van der Waals surface area contributed by atoms with E-state index in [-0.39, 0.29) is 17.9 Å². The lowest BCUT2D eigenvalue weighted by Gasteiger charge is -2.30. The first-order valence-corrected chi connectivity index (χ1v) is 9.36. The van der Waals surface area contributed by atoms with Gasteiger partial charge in [-0.15, -0.1) is 0 Å². The van der Waals surface area contributed by atoms with Crippen molar-refractivity contribution in [3.63, 3.8) is 0 Å². The molecular formula is C18H23BrN2O3S. The Labute approximate surface area is 162 Å². The van der Waals surface area contributed by atoms with Gasteiger partial charge in [0, 0.05) is 11.3 Å². The normalized spacial score (nSPS) is 17.2. The molecule has 1 aliphatic rings. The molecule has 25 heavy (non-hydrogen) atoms. The van der Waals surface area contributed by atoms with Gasteiger partial charge >= 0.3 is 0 Å². The number of nitrogens with one attached hydrogen (secondary N) is 2. The molecule has 1 aromatic rings. The fraction of sp³-hybridized carbons (Fsp3) is 0.444. The minimum atomic E-state index is -0.338. The van der Waals surface area contributed by atoms with Crippen LogP contribution < -0.4 is 20.1 Å². The molecule has 0 saturated heterocycles. The van der Waals surface area contributed by atoms with Gasteiger partial charge in [0.15, 0.2) is 22.4 Å². The van der Waals surface area contributed by atoms with Gasteiger partial charge in [-0.05, 0) is 80.5 Å². The van der Waals surface area contributed by atoms with Crippen LogP contribution in [0.5, 0.6) is 11.5 Å². The van der Waals surface area contributed by atoms with Crippen molar-refractivity contribution >= 4 is 39.0 Å². The maximum absolute atomic E-state index is 12.2. The predicted octanol–water partition coefficient (Wildman–Crippen LogP) is 4.02. The maximum Gasteiger partial charge on any atom is 0.175 e. The number of benzene rings is 1. The molecule has 0 saturated carbocycles. The van der Waals surface area contributed by atoms with Gasteiger partial charge in [-0.3, -0.25) is 4.79 Å². The summed E-state index contributed by atoms with van der Waals surface area (Å²) in [6.07, 6.45) is 0.0147. The minimum absolute atomic E-state index is 0.0124. The van der Waals surface area contributed by atoms with Crippen LogP contribution in [-0.2, 0) is 4.79 Å². The number of carbonyl (C=O) groups is 1. The van der Waals surface area contributed by atoms with Crippen molar-refractivity contribution in [1.82, 2.24) is 10.6 Å². The number of carbonyl (C=O) groups excluding carboxylic acids is 1. The van der Waals surface area contributed by atoms with Crippen molar-refractivity contribution in [3.05, 3.63) is 33.4 Å². The summed E-state index contributed by atoms with van der Waals surface area (Å²) in [5.41, 5.74) is 2.29. The Morgan fingerprint density at radius 1 is 1.40 bits per heavy atom. The van der Waals surface area contributed by atoms with Crippen molar-refractivity contribution in [2.24, 2.45) is 0 Å². The molecule has 2 rings (SSSR count). The molecule has 136 valence electrons. The topological polar surface area (TPSA) is 59.6 Å². The standard InChI is InChI=1S/C18H23BrN2O3S/c1-6-23-14-8-12(7-13(19)17(14)24-9(2)3)16-15(11(5)22)10(4)20-18(25)21-16/h7-9,16H,6H2,1-5H3,(H2,20,21,25)/t16-/m1/s1. The molecule has 1 atom stereocenters. The molecule has 1 aliphatic heterocycles. The van der Waals surface area contributed by atoms with Crippen LogP contribution in [0.25, 0.3) is 0 Å². The molecule has 0 fully saturated rings. The fourth-order valence-corrected chi connectivity index (χ4v) is 3.60. The van der Waals surface area contributed by atoms with Crippen LogP contribution in [0.1, 0.15) is 46.2 Å². The average molecular weight is 427 g/mol. The summed E-state index contributed by atoms with van der Waals surface area (Å²) in [4.78, 5) is 12.2. The Kier molecular flexibility index (Phi) is 6.46. The van der Waals surface area contributed by atoms with Crippen molar-refractivity contribution in [2.45, 2.75) is 46.8 Å². The largest absolute Gasteiger partial charge is 0.490 e. The summed E-state index contributed by atoms with van der Waals surface area (Å²) >= 11 is 8.83. The Morgan fingerprint density at radius 3 is 2.64 bits per heavy atom. The van der Waals surface area contributed by atoms with Gasteiger partial charge < -0.3 is 20.1 Å². The molecule has 1 aromatic carbocycles. The van der Waals surface area contributed by atoms with E-state index in [1.807, 2.05) is 39.8 Å². The van der Waals surface area contributed by atoms with Crippen molar-refractivity contribution in [3.8, 4) is 11.5 Å². The quantitative estimate of drug-likeness (QED) is 0.669. The van der Waals surface area contributed by atoms with Gasteiger partial charge in [0.05, 0.1) is 23.2 Å². The summed E-state index contributed by atoms with van der Waals surface area (Å²) in [5, 5.41) is 6.68. The Balaban J connectivity index is 2.56. The van der Waals surface area contributed by atoms with E-state index in [9.17, 15) is 4.79 Å². The van der Waals surface area contributed by atoms with Crippen LogP contribution in [0.3, 0.4) is 0 Å². The molecule has 5 nitrogen and oxygen atoms in total. The molecule has 0 bridgehead atoms. The number of ketones is 1. The first-order chi connectivity index (χ1) is 11.7. The third-order valence-corrected chi connectivity index (χ3v) is 4.48. The smallest absolute Gasteiger partial charge is 0.175 e. The molecule has 0 aromatic heterocycles. The predicted molar refractivity (Wildman–Crippen MR) is 106 cm³/mol. The Hall–Kier alpha value is -1.60. The zero-order valence-corrected chi connectivity index (χ0v) is 17.4. The number of thiocarbonyl (C=S) groups is 1. The second kappa shape index (κ2) is 8.19. The summed E-state index contributed by atoms with van der Waals surface area (Å²) in [6, 6.07) is 3.49. The van der Waals surface area contributed by atoms with Gasteiger partial charge in [0.25, 0.3) is 0 Å². The summed E-state index contributed by atoms with van der Waals surface area (Å²) < 4.78 is 12.4. The third kappa shape index (κ3) is 4.52. The highest BCUT2D eigenvalue weighted by molar-refractivity contribution is 9.10. The van der Waals surface area contributed by atoms with Gasteiger partial charge in [-0.1, -0.05) is 0 Å².